The van der Waals surface area contributed by atoms with E-state index in [-0.39, 0.29) is 40.9 Å². The molecule has 12 heteroatoms. The van der Waals surface area contributed by atoms with Crippen molar-refractivity contribution in [3.8, 4) is 11.5 Å². The number of aromatic nitrogens is 1. The number of ether oxygens (including phenoxy) is 1. The van der Waals surface area contributed by atoms with E-state index in [2.05, 4.69) is 4.98 Å². The van der Waals surface area contributed by atoms with Crippen LogP contribution in [0, 0.1) is 5.82 Å². The molecular formula is C33H26F4N2O5S. The van der Waals surface area contributed by atoms with Gasteiger partial charge in [-0.25, -0.2) is 4.39 Å². The summed E-state index contributed by atoms with van der Waals surface area (Å²) in [4.78, 5) is 18.7. The van der Waals surface area contributed by atoms with E-state index in [0.717, 1.165) is 0 Å². The normalized spacial score (nSPS) is 12.1. The summed E-state index contributed by atoms with van der Waals surface area (Å²) in [6.07, 6.45) is 0.934. The molecule has 0 aliphatic carbocycles. The van der Waals surface area contributed by atoms with Gasteiger partial charge in [0, 0.05) is 30.2 Å². The number of rotatable bonds is 11. The van der Waals surface area contributed by atoms with Gasteiger partial charge in [-0.05, 0) is 48.0 Å². The Hall–Kier alpha value is -4.81. The van der Waals surface area contributed by atoms with Gasteiger partial charge in [-0.2, -0.15) is 21.6 Å². The maximum absolute atomic E-state index is 13.6. The third-order valence-corrected chi connectivity index (χ3v) is 7.89. The molecule has 7 nitrogen and oxygen atoms in total. The Morgan fingerprint density at radius 2 is 1.44 bits per heavy atom. The Morgan fingerprint density at radius 1 is 0.844 bits per heavy atom. The smallest absolute Gasteiger partial charge is 0.478 e. The van der Waals surface area contributed by atoms with E-state index in [9.17, 15) is 30.8 Å². The zero-order valence-electron chi connectivity index (χ0n) is 23.7. The Labute approximate surface area is 256 Å². The second-order valence-electron chi connectivity index (χ2n) is 10.2. The molecule has 0 aliphatic heterocycles. The first-order valence-corrected chi connectivity index (χ1v) is 15.0. The highest BCUT2D eigenvalue weighted by atomic mass is 32.2. The van der Waals surface area contributed by atoms with E-state index in [1.165, 1.54) is 42.6 Å². The highest BCUT2D eigenvalue weighted by Crippen LogP contribution is 2.44. The van der Waals surface area contributed by atoms with Crippen LogP contribution in [0.4, 0.5) is 17.6 Å². The molecule has 0 atom stereocenters. The van der Waals surface area contributed by atoms with Gasteiger partial charge in [0.05, 0.1) is 5.56 Å². The molecule has 0 bridgehead atoms. The van der Waals surface area contributed by atoms with Crippen molar-refractivity contribution in [2.75, 3.05) is 7.05 Å². The molecule has 0 fully saturated rings. The molecule has 0 N–H and O–H groups in total. The number of nitrogens with zero attached hydrogens (tertiary/aromatic N) is 2. The lowest BCUT2D eigenvalue weighted by atomic mass is 9.98. The SMILES string of the molecule is CN(Cc1ccc(F)cc1)Cc1c(C=O)c(OC(c2ccccc2)c2ccccc2)c2ncccc2c1OS(=O)(=O)C(F)(F)F. The van der Waals surface area contributed by atoms with Crippen molar-refractivity contribution in [2.45, 2.75) is 24.7 Å². The Bertz CT molecular complexity index is 1860. The van der Waals surface area contributed by atoms with Gasteiger partial charge in [0.25, 0.3) is 0 Å². The quantitative estimate of drug-likeness (QED) is 0.0654. The molecule has 5 aromatic rings. The third kappa shape index (κ3) is 6.97. The molecule has 0 saturated carbocycles. The topological polar surface area (TPSA) is 85.8 Å². The van der Waals surface area contributed by atoms with Crippen LogP contribution in [0.3, 0.4) is 0 Å². The van der Waals surface area contributed by atoms with Gasteiger partial charge in [0.15, 0.2) is 17.8 Å². The zero-order chi connectivity index (χ0) is 32.2. The monoisotopic (exact) mass is 638 g/mol. The van der Waals surface area contributed by atoms with Crippen LogP contribution in [0.15, 0.2) is 103 Å². The highest BCUT2D eigenvalue weighted by Gasteiger charge is 2.49. The summed E-state index contributed by atoms with van der Waals surface area (Å²) in [5, 5.41) is -0.115. The molecule has 0 amide bonds. The third-order valence-electron chi connectivity index (χ3n) is 6.94. The minimum atomic E-state index is -6.16. The van der Waals surface area contributed by atoms with Crippen molar-refractivity contribution < 1.29 is 39.7 Å². The number of hydrogen-bond donors (Lipinski definition) is 0. The van der Waals surface area contributed by atoms with Gasteiger partial charge in [-0.15, -0.1) is 0 Å². The van der Waals surface area contributed by atoms with Crippen molar-refractivity contribution >= 4 is 27.3 Å². The first-order valence-electron chi connectivity index (χ1n) is 13.6. The van der Waals surface area contributed by atoms with Crippen LogP contribution in [-0.2, 0) is 23.2 Å². The van der Waals surface area contributed by atoms with Crippen molar-refractivity contribution in [1.82, 2.24) is 9.88 Å². The van der Waals surface area contributed by atoms with Crippen molar-refractivity contribution in [3.63, 3.8) is 0 Å². The largest absolute Gasteiger partial charge is 0.534 e. The fraction of sp³-hybridized carbons (Fsp3) is 0.152. The van der Waals surface area contributed by atoms with E-state index in [0.29, 0.717) is 23.0 Å². The molecule has 4 aromatic carbocycles. The van der Waals surface area contributed by atoms with E-state index < -0.39 is 33.3 Å². The minimum Gasteiger partial charge on any atom is -0.478 e. The summed E-state index contributed by atoms with van der Waals surface area (Å²) in [6, 6.07) is 26.4. The number of benzene rings is 4. The number of alkyl halides is 3. The highest BCUT2D eigenvalue weighted by molar-refractivity contribution is 7.88. The second kappa shape index (κ2) is 13.0. The molecule has 5 rings (SSSR count). The van der Waals surface area contributed by atoms with Crippen LogP contribution in [0.5, 0.6) is 11.5 Å². The van der Waals surface area contributed by atoms with Crippen LogP contribution < -0.4 is 8.92 Å². The molecule has 0 radical (unpaired) electrons. The average Bonchev–Trinajstić information content (AvgIpc) is 3.02. The predicted octanol–water partition coefficient (Wildman–Crippen LogP) is 7.22. The fourth-order valence-electron chi connectivity index (χ4n) is 4.90. The zero-order valence-corrected chi connectivity index (χ0v) is 24.6. The molecule has 232 valence electrons. The van der Waals surface area contributed by atoms with E-state index in [4.69, 9.17) is 8.92 Å². The van der Waals surface area contributed by atoms with Gasteiger partial charge in [-0.1, -0.05) is 72.8 Å². The van der Waals surface area contributed by atoms with E-state index in [1.807, 2.05) is 36.4 Å². The number of hydrogen-bond acceptors (Lipinski definition) is 7. The average molecular weight is 639 g/mol. The number of fused-ring (bicyclic) bond motifs is 1. The lowest BCUT2D eigenvalue weighted by molar-refractivity contribution is -0.0499. The molecule has 1 aromatic heterocycles. The maximum atomic E-state index is 13.6. The molecule has 0 aliphatic rings. The molecule has 1 heterocycles. The number of carbonyl (C=O) groups excluding carboxylic acids is 1. The Kier molecular flexibility index (Phi) is 9.16. The lowest BCUT2D eigenvalue weighted by Gasteiger charge is -2.26. The van der Waals surface area contributed by atoms with Crippen LogP contribution in [-0.4, -0.2) is 37.1 Å². The lowest BCUT2D eigenvalue weighted by Crippen LogP contribution is -2.29. The summed E-state index contributed by atoms with van der Waals surface area (Å²) < 4.78 is 90.2. The van der Waals surface area contributed by atoms with Gasteiger partial charge in [0.2, 0.25) is 0 Å². The Balaban J connectivity index is 1.72. The number of halogens is 4. The molecule has 45 heavy (non-hydrogen) atoms. The number of pyridine rings is 1. The minimum absolute atomic E-state index is 0.0692. The second-order valence-corrected chi connectivity index (χ2v) is 11.7. The number of aldehydes is 1. The van der Waals surface area contributed by atoms with Gasteiger partial charge < -0.3 is 8.92 Å². The predicted molar refractivity (Wildman–Crippen MR) is 160 cm³/mol. The van der Waals surface area contributed by atoms with Crippen molar-refractivity contribution in [1.29, 1.82) is 0 Å². The van der Waals surface area contributed by atoms with Crippen molar-refractivity contribution in [3.05, 3.63) is 137 Å². The summed E-state index contributed by atoms with van der Waals surface area (Å²) >= 11 is 0. The van der Waals surface area contributed by atoms with E-state index >= 15 is 0 Å². The molecular weight excluding hydrogens is 612 g/mol. The Morgan fingerprint density at radius 3 is 2.00 bits per heavy atom. The van der Waals surface area contributed by atoms with Crippen LogP contribution in [0.25, 0.3) is 10.9 Å². The maximum Gasteiger partial charge on any atom is 0.534 e. The van der Waals surface area contributed by atoms with Gasteiger partial charge >= 0.3 is 15.6 Å². The van der Waals surface area contributed by atoms with Gasteiger partial charge in [0.1, 0.15) is 17.4 Å². The van der Waals surface area contributed by atoms with Crippen LogP contribution >= 0.6 is 0 Å². The molecule has 0 saturated heterocycles. The van der Waals surface area contributed by atoms with E-state index in [1.54, 1.807) is 36.2 Å². The van der Waals surface area contributed by atoms with Crippen LogP contribution in [0.2, 0.25) is 0 Å². The van der Waals surface area contributed by atoms with Crippen molar-refractivity contribution in [2.24, 2.45) is 0 Å². The fourth-order valence-corrected chi connectivity index (χ4v) is 5.41. The first kappa shape index (κ1) is 31.6. The molecule has 0 spiro atoms. The summed E-state index contributed by atoms with van der Waals surface area (Å²) in [5.74, 6) is -1.22. The first-order chi connectivity index (χ1) is 21.5. The van der Waals surface area contributed by atoms with Crippen LogP contribution in [0.1, 0.15) is 38.7 Å². The summed E-state index contributed by atoms with van der Waals surface area (Å²) in [6.45, 7) is -0.0847. The standard InChI is InChI=1S/C33H26F4N2O5S/c1-39(19-22-14-16-25(34)17-15-22)20-27-28(21-40)32(43-30(23-9-4-2-5-10-23)24-11-6-3-7-12-24)29-26(13-8-18-38-29)31(27)44-45(41,42)33(35,36)37/h2-18,21,30H,19-20H2,1H3. The summed E-state index contributed by atoms with van der Waals surface area (Å²) in [5.41, 5.74) is -4.16. The number of carbonyl (C=O) groups is 1. The van der Waals surface area contributed by atoms with Gasteiger partial charge in [-0.3, -0.25) is 14.7 Å². The molecule has 0 unspecified atom stereocenters. The summed E-state index contributed by atoms with van der Waals surface area (Å²) in [7, 11) is -4.55.